The molecule has 1 atom stereocenters. The number of benzene rings is 1. The van der Waals surface area contributed by atoms with E-state index in [1.54, 1.807) is 0 Å². The summed E-state index contributed by atoms with van der Waals surface area (Å²) in [4.78, 5) is 0. The number of para-hydroxylation sites is 1. The van der Waals surface area contributed by atoms with E-state index in [4.69, 9.17) is 5.73 Å². The maximum atomic E-state index is 6.49. The fourth-order valence-electron chi connectivity index (χ4n) is 3.46. The van der Waals surface area contributed by atoms with Gasteiger partial charge in [-0.05, 0) is 36.8 Å². The highest BCUT2D eigenvalue weighted by Gasteiger charge is 2.26. The zero-order valence-electron chi connectivity index (χ0n) is 12.8. The van der Waals surface area contributed by atoms with Crippen LogP contribution in [0.1, 0.15) is 50.6 Å². The van der Waals surface area contributed by atoms with Crippen molar-refractivity contribution in [2.75, 3.05) is 0 Å². The molecule has 3 nitrogen and oxygen atoms in total. The predicted octanol–water partition coefficient (Wildman–Crippen LogP) is 4.09. The van der Waals surface area contributed by atoms with Crippen LogP contribution in [-0.4, -0.2) is 9.78 Å². The van der Waals surface area contributed by atoms with E-state index < -0.39 is 0 Å². The number of aromatic nitrogens is 2. The van der Waals surface area contributed by atoms with E-state index in [1.165, 1.54) is 37.7 Å². The van der Waals surface area contributed by atoms with Crippen molar-refractivity contribution in [3.05, 3.63) is 48.3 Å². The second kappa shape index (κ2) is 6.44. The van der Waals surface area contributed by atoms with Crippen LogP contribution in [-0.2, 0) is 0 Å². The van der Waals surface area contributed by atoms with Gasteiger partial charge in [0.2, 0.25) is 0 Å². The molecule has 1 aromatic heterocycles. The molecule has 2 aromatic rings. The van der Waals surface area contributed by atoms with Crippen molar-refractivity contribution in [2.45, 2.75) is 45.1 Å². The number of hydrogen-bond donors (Lipinski definition) is 1. The van der Waals surface area contributed by atoms with Crippen LogP contribution in [0.2, 0.25) is 0 Å². The molecule has 1 fully saturated rings. The summed E-state index contributed by atoms with van der Waals surface area (Å²) in [5.74, 6) is 1.53. The maximum Gasteiger partial charge on any atom is 0.0645 e. The smallest absolute Gasteiger partial charge is 0.0645 e. The average molecular weight is 283 g/mol. The Morgan fingerprint density at radius 2 is 1.90 bits per heavy atom. The van der Waals surface area contributed by atoms with Crippen molar-refractivity contribution >= 4 is 0 Å². The highest BCUT2D eigenvalue weighted by atomic mass is 15.3. The zero-order valence-corrected chi connectivity index (χ0v) is 12.8. The molecule has 0 amide bonds. The highest BCUT2D eigenvalue weighted by Crippen LogP contribution is 2.36. The third-order valence-electron chi connectivity index (χ3n) is 4.98. The van der Waals surface area contributed by atoms with Crippen LogP contribution in [0, 0.1) is 11.8 Å². The second-order valence-corrected chi connectivity index (χ2v) is 6.27. The van der Waals surface area contributed by atoms with Gasteiger partial charge in [-0.25, -0.2) is 4.68 Å². The molecule has 0 saturated heterocycles. The van der Waals surface area contributed by atoms with Crippen LogP contribution in [0.25, 0.3) is 5.69 Å². The highest BCUT2D eigenvalue weighted by molar-refractivity contribution is 5.31. The van der Waals surface area contributed by atoms with Crippen LogP contribution in [0.5, 0.6) is 0 Å². The summed E-state index contributed by atoms with van der Waals surface area (Å²) in [6.07, 6.45) is 10.5. The summed E-state index contributed by atoms with van der Waals surface area (Å²) in [6.45, 7) is 2.30. The molecule has 2 N–H and O–H groups in total. The van der Waals surface area contributed by atoms with E-state index in [2.05, 4.69) is 30.4 Å². The number of rotatable bonds is 4. The molecule has 0 aliphatic heterocycles. The molecule has 1 unspecified atom stereocenters. The van der Waals surface area contributed by atoms with E-state index >= 15 is 0 Å². The Morgan fingerprint density at radius 3 is 2.57 bits per heavy atom. The number of nitrogens with two attached hydrogens (primary N) is 1. The Balaban J connectivity index is 1.69. The zero-order chi connectivity index (χ0) is 14.7. The molecule has 1 heterocycles. The third-order valence-corrected chi connectivity index (χ3v) is 4.98. The van der Waals surface area contributed by atoms with E-state index in [9.17, 15) is 0 Å². The lowest BCUT2D eigenvalue weighted by molar-refractivity contribution is 0.240. The van der Waals surface area contributed by atoms with Gasteiger partial charge in [-0.2, -0.15) is 5.10 Å². The van der Waals surface area contributed by atoms with Gasteiger partial charge in [-0.3, -0.25) is 0 Å². The van der Waals surface area contributed by atoms with Crippen LogP contribution in [0.15, 0.2) is 42.7 Å². The van der Waals surface area contributed by atoms with E-state index in [0.717, 1.165) is 11.6 Å². The molecule has 0 bridgehead atoms. The molecule has 112 valence electrons. The molecule has 0 spiro atoms. The van der Waals surface area contributed by atoms with Crippen molar-refractivity contribution < 1.29 is 0 Å². The van der Waals surface area contributed by atoms with Crippen LogP contribution in [0.3, 0.4) is 0 Å². The van der Waals surface area contributed by atoms with Crippen molar-refractivity contribution in [1.29, 1.82) is 0 Å². The topological polar surface area (TPSA) is 43.8 Å². The van der Waals surface area contributed by atoms with E-state index in [1.807, 2.05) is 29.1 Å². The Bertz CT molecular complexity index is 553. The first-order valence-corrected chi connectivity index (χ1v) is 8.13. The molecule has 1 aromatic carbocycles. The van der Waals surface area contributed by atoms with E-state index in [-0.39, 0.29) is 6.04 Å². The first kappa shape index (κ1) is 14.3. The lowest BCUT2D eigenvalue weighted by Gasteiger charge is -2.31. The van der Waals surface area contributed by atoms with Gasteiger partial charge < -0.3 is 5.73 Å². The van der Waals surface area contributed by atoms with Crippen LogP contribution in [0.4, 0.5) is 0 Å². The van der Waals surface area contributed by atoms with Gasteiger partial charge in [0.25, 0.3) is 0 Å². The van der Waals surface area contributed by atoms with Gasteiger partial charge in [0.1, 0.15) is 0 Å². The van der Waals surface area contributed by atoms with Gasteiger partial charge in [-0.15, -0.1) is 0 Å². The Morgan fingerprint density at radius 1 is 1.19 bits per heavy atom. The van der Waals surface area contributed by atoms with Gasteiger partial charge in [0.15, 0.2) is 0 Å². The fraction of sp³-hybridized carbons (Fsp3) is 0.500. The monoisotopic (exact) mass is 283 g/mol. The lowest BCUT2D eigenvalue weighted by Crippen LogP contribution is -2.25. The summed E-state index contributed by atoms with van der Waals surface area (Å²) in [6, 6.07) is 10.3. The Kier molecular flexibility index (Phi) is 4.39. The molecule has 21 heavy (non-hydrogen) atoms. The molecule has 1 aliphatic rings. The van der Waals surface area contributed by atoms with Crippen molar-refractivity contribution in [2.24, 2.45) is 17.6 Å². The minimum Gasteiger partial charge on any atom is -0.324 e. The van der Waals surface area contributed by atoms with Crippen molar-refractivity contribution in [3.63, 3.8) is 0 Å². The average Bonchev–Trinajstić information content (AvgIpc) is 3.05. The Labute approximate surface area is 127 Å². The summed E-state index contributed by atoms with van der Waals surface area (Å²) in [5, 5.41) is 4.47. The van der Waals surface area contributed by atoms with Crippen molar-refractivity contribution in [1.82, 2.24) is 9.78 Å². The summed E-state index contributed by atoms with van der Waals surface area (Å²) in [5.41, 5.74) is 8.75. The summed E-state index contributed by atoms with van der Waals surface area (Å²) >= 11 is 0. The molecule has 1 aliphatic carbocycles. The minimum absolute atomic E-state index is 0.125. The predicted molar refractivity (Wildman–Crippen MR) is 86.2 cm³/mol. The first-order valence-electron chi connectivity index (χ1n) is 8.13. The van der Waals surface area contributed by atoms with Crippen molar-refractivity contribution in [3.8, 4) is 5.69 Å². The standard InChI is InChI=1S/C18H25N3/c1-2-14-8-10-15(11-9-14)18(19)16-12-20-21(13-16)17-6-4-3-5-7-17/h3-7,12-15,18H,2,8-11,19H2,1H3. The number of nitrogens with zero attached hydrogens (tertiary/aromatic N) is 2. The van der Waals surface area contributed by atoms with E-state index in [0.29, 0.717) is 5.92 Å². The molecule has 3 rings (SSSR count). The maximum absolute atomic E-state index is 6.49. The van der Waals surface area contributed by atoms with Gasteiger partial charge in [0.05, 0.1) is 11.9 Å². The molecule has 0 radical (unpaired) electrons. The van der Waals surface area contributed by atoms with Crippen LogP contribution < -0.4 is 5.73 Å². The van der Waals surface area contributed by atoms with Gasteiger partial charge in [0, 0.05) is 17.8 Å². The minimum atomic E-state index is 0.125. The molecular formula is C18H25N3. The first-order chi connectivity index (χ1) is 10.3. The van der Waals surface area contributed by atoms with Gasteiger partial charge in [-0.1, -0.05) is 44.4 Å². The van der Waals surface area contributed by atoms with Gasteiger partial charge >= 0.3 is 0 Å². The second-order valence-electron chi connectivity index (χ2n) is 6.27. The number of hydrogen-bond acceptors (Lipinski definition) is 2. The molecule has 3 heteroatoms. The fourth-order valence-corrected chi connectivity index (χ4v) is 3.46. The Hall–Kier alpha value is -1.61. The molecule has 1 saturated carbocycles. The largest absolute Gasteiger partial charge is 0.324 e. The third kappa shape index (κ3) is 3.18. The normalized spacial score (nSPS) is 23.9. The molecular weight excluding hydrogens is 258 g/mol. The lowest BCUT2D eigenvalue weighted by atomic mass is 9.77. The SMILES string of the molecule is CCC1CCC(C(N)c2cnn(-c3ccccc3)c2)CC1. The summed E-state index contributed by atoms with van der Waals surface area (Å²) < 4.78 is 1.92. The summed E-state index contributed by atoms with van der Waals surface area (Å²) in [7, 11) is 0. The van der Waals surface area contributed by atoms with Crippen LogP contribution >= 0.6 is 0 Å². The quantitative estimate of drug-likeness (QED) is 0.918.